The van der Waals surface area contributed by atoms with E-state index < -0.39 is 0 Å². The molecule has 0 aromatic heterocycles. The summed E-state index contributed by atoms with van der Waals surface area (Å²) in [5.41, 5.74) is 7.46. The van der Waals surface area contributed by atoms with Gasteiger partial charge in [-0.15, -0.1) is 0 Å². The molecule has 19 heavy (non-hydrogen) atoms. The zero-order chi connectivity index (χ0) is 14.4. The van der Waals surface area contributed by atoms with Crippen LogP contribution in [0.15, 0.2) is 18.2 Å². The van der Waals surface area contributed by atoms with Crippen LogP contribution in [0.1, 0.15) is 16.8 Å². The fraction of sp³-hybridized carbons (Fsp3) is 0.385. The van der Waals surface area contributed by atoms with Crippen LogP contribution >= 0.6 is 0 Å². The molecule has 0 radical (unpaired) electrons. The third-order valence-electron chi connectivity index (χ3n) is 2.63. The molecule has 1 aromatic carbocycles. The Morgan fingerprint density at radius 1 is 1.32 bits per heavy atom. The van der Waals surface area contributed by atoms with Crippen molar-refractivity contribution in [1.82, 2.24) is 10.2 Å². The lowest BCUT2D eigenvalue weighted by Crippen LogP contribution is -2.24. The minimum atomic E-state index is -0.109. The maximum atomic E-state index is 12.0. The summed E-state index contributed by atoms with van der Waals surface area (Å²) in [7, 11) is 4.96. The first-order chi connectivity index (χ1) is 8.95. The topological polar surface area (TPSA) is 87.5 Å². The molecular weight excluding hydrogens is 244 g/mol. The molecule has 0 saturated heterocycles. The van der Waals surface area contributed by atoms with Gasteiger partial charge >= 0.3 is 0 Å². The van der Waals surface area contributed by atoms with E-state index in [9.17, 15) is 9.59 Å². The van der Waals surface area contributed by atoms with Crippen LogP contribution in [0.2, 0.25) is 0 Å². The standard InChI is InChI=1S/C13H20N4O2/c1-15-12(18)6-7-16-11-8-9(14)4-5-10(11)13(19)17(2)3/h4-5,8,16H,6-7,14H2,1-3H3,(H,15,18). The van der Waals surface area contributed by atoms with Gasteiger partial charge < -0.3 is 21.3 Å². The highest BCUT2D eigenvalue weighted by Crippen LogP contribution is 2.20. The first-order valence-corrected chi connectivity index (χ1v) is 6.01. The first kappa shape index (κ1) is 14.8. The Balaban J connectivity index is 2.83. The number of hydrogen-bond acceptors (Lipinski definition) is 4. The molecule has 1 aromatic rings. The number of hydrogen-bond donors (Lipinski definition) is 3. The average Bonchev–Trinajstić information content (AvgIpc) is 2.37. The number of nitrogens with zero attached hydrogens (tertiary/aromatic N) is 1. The molecule has 0 heterocycles. The van der Waals surface area contributed by atoms with Crippen molar-refractivity contribution in [1.29, 1.82) is 0 Å². The molecule has 0 aliphatic rings. The molecular formula is C13H20N4O2. The van der Waals surface area contributed by atoms with Gasteiger partial charge in [-0.05, 0) is 18.2 Å². The van der Waals surface area contributed by atoms with Gasteiger partial charge in [0, 0.05) is 45.5 Å². The molecule has 0 atom stereocenters. The zero-order valence-electron chi connectivity index (χ0n) is 11.5. The number of rotatable bonds is 5. The molecule has 0 aliphatic carbocycles. The maximum Gasteiger partial charge on any atom is 0.255 e. The number of benzene rings is 1. The van der Waals surface area contributed by atoms with E-state index in [0.717, 1.165) is 0 Å². The van der Waals surface area contributed by atoms with Gasteiger partial charge in [-0.2, -0.15) is 0 Å². The molecule has 1 rings (SSSR count). The quantitative estimate of drug-likeness (QED) is 0.677. The normalized spacial score (nSPS) is 9.84. The van der Waals surface area contributed by atoms with Gasteiger partial charge in [0.2, 0.25) is 5.91 Å². The van der Waals surface area contributed by atoms with E-state index in [1.54, 1.807) is 39.3 Å². The van der Waals surface area contributed by atoms with Crippen molar-refractivity contribution in [2.75, 3.05) is 38.7 Å². The van der Waals surface area contributed by atoms with Gasteiger partial charge in [0.05, 0.1) is 5.56 Å². The van der Waals surface area contributed by atoms with Crippen molar-refractivity contribution in [3.8, 4) is 0 Å². The average molecular weight is 264 g/mol. The second-order valence-corrected chi connectivity index (χ2v) is 4.35. The van der Waals surface area contributed by atoms with Crippen LogP contribution < -0.4 is 16.4 Å². The van der Waals surface area contributed by atoms with Crippen LogP contribution in [0.3, 0.4) is 0 Å². The Morgan fingerprint density at radius 3 is 2.58 bits per heavy atom. The Labute approximate surface area is 113 Å². The summed E-state index contributed by atoms with van der Waals surface area (Å²) in [4.78, 5) is 24.6. The number of anilines is 2. The molecule has 6 nitrogen and oxygen atoms in total. The zero-order valence-corrected chi connectivity index (χ0v) is 11.5. The number of amides is 2. The van der Waals surface area contributed by atoms with E-state index in [2.05, 4.69) is 10.6 Å². The highest BCUT2D eigenvalue weighted by molar-refractivity contribution is 6.00. The number of nitrogen functional groups attached to an aromatic ring is 1. The molecule has 0 saturated carbocycles. The number of nitrogens with one attached hydrogen (secondary N) is 2. The van der Waals surface area contributed by atoms with Crippen molar-refractivity contribution in [2.45, 2.75) is 6.42 Å². The molecule has 0 fully saturated rings. The second kappa shape index (κ2) is 6.63. The van der Waals surface area contributed by atoms with Crippen molar-refractivity contribution in [2.24, 2.45) is 0 Å². The van der Waals surface area contributed by atoms with Crippen LogP contribution in [-0.4, -0.2) is 44.4 Å². The van der Waals surface area contributed by atoms with E-state index in [1.165, 1.54) is 4.90 Å². The predicted molar refractivity (Wildman–Crippen MR) is 76.0 cm³/mol. The number of nitrogens with two attached hydrogens (primary N) is 1. The molecule has 0 bridgehead atoms. The molecule has 104 valence electrons. The predicted octanol–water partition coefficient (Wildman–Crippen LogP) is 0.519. The van der Waals surface area contributed by atoms with Crippen LogP contribution in [-0.2, 0) is 4.79 Å². The number of carbonyl (C=O) groups is 2. The van der Waals surface area contributed by atoms with E-state index >= 15 is 0 Å². The Hall–Kier alpha value is -2.24. The summed E-state index contributed by atoms with van der Waals surface area (Å²) in [6.07, 6.45) is 0.334. The molecule has 2 amide bonds. The fourth-order valence-corrected chi connectivity index (χ4v) is 1.57. The summed E-state index contributed by atoms with van der Waals surface area (Å²) in [5, 5.41) is 5.61. The summed E-state index contributed by atoms with van der Waals surface area (Å²) >= 11 is 0. The van der Waals surface area contributed by atoms with E-state index in [-0.39, 0.29) is 11.8 Å². The third-order valence-corrected chi connectivity index (χ3v) is 2.63. The molecule has 6 heteroatoms. The molecule has 0 unspecified atom stereocenters. The third kappa shape index (κ3) is 4.17. The van der Waals surface area contributed by atoms with Crippen molar-refractivity contribution in [3.63, 3.8) is 0 Å². The second-order valence-electron chi connectivity index (χ2n) is 4.35. The monoisotopic (exact) mass is 264 g/mol. The van der Waals surface area contributed by atoms with E-state index in [4.69, 9.17) is 5.73 Å². The fourth-order valence-electron chi connectivity index (χ4n) is 1.57. The highest BCUT2D eigenvalue weighted by atomic mass is 16.2. The lowest BCUT2D eigenvalue weighted by Gasteiger charge is -2.15. The maximum absolute atomic E-state index is 12.0. The van der Waals surface area contributed by atoms with Gasteiger partial charge in [-0.3, -0.25) is 9.59 Å². The summed E-state index contributed by atoms with van der Waals surface area (Å²) in [5.74, 6) is -0.167. The van der Waals surface area contributed by atoms with Crippen molar-refractivity contribution >= 4 is 23.2 Å². The van der Waals surface area contributed by atoms with Gasteiger partial charge in [-0.1, -0.05) is 0 Å². The van der Waals surface area contributed by atoms with Crippen molar-refractivity contribution < 1.29 is 9.59 Å². The Kier molecular flexibility index (Phi) is 5.17. The van der Waals surface area contributed by atoms with Crippen molar-refractivity contribution in [3.05, 3.63) is 23.8 Å². The minimum Gasteiger partial charge on any atom is -0.399 e. The van der Waals surface area contributed by atoms with Gasteiger partial charge in [0.25, 0.3) is 5.91 Å². The molecule has 4 N–H and O–H groups in total. The highest BCUT2D eigenvalue weighted by Gasteiger charge is 2.13. The summed E-state index contributed by atoms with van der Waals surface area (Å²) in [6, 6.07) is 5.06. The lowest BCUT2D eigenvalue weighted by atomic mass is 10.1. The van der Waals surface area contributed by atoms with Crippen LogP contribution in [0.4, 0.5) is 11.4 Å². The smallest absolute Gasteiger partial charge is 0.255 e. The van der Waals surface area contributed by atoms with Crippen LogP contribution in [0.5, 0.6) is 0 Å². The number of carbonyl (C=O) groups excluding carboxylic acids is 2. The Morgan fingerprint density at radius 2 is 2.00 bits per heavy atom. The molecule has 0 aliphatic heterocycles. The van der Waals surface area contributed by atoms with Crippen LogP contribution in [0.25, 0.3) is 0 Å². The largest absolute Gasteiger partial charge is 0.399 e. The van der Waals surface area contributed by atoms with Gasteiger partial charge in [-0.25, -0.2) is 0 Å². The summed E-state index contributed by atoms with van der Waals surface area (Å²) < 4.78 is 0. The van der Waals surface area contributed by atoms with Gasteiger partial charge in [0.1, 0.15) is 0 Å². The van der Waals surface area contributed by atoms with Crippen LogP contribution in [0, 0.1) is 0 Å². The Bertz CT molecular complexity index is 472. The first-order valence-electron chi connectivity index (χ1n) is 6.01. The van der Waals surface area contributed by atoms with E-state index in [1.807, 2.05) is 0 Å². The lowest BCUT2D eigenvalue weighted by molar-refractivity contribution is -0.120. The van der Waals surface area contributed by atoms with Gasteiger partial charge in [0.15, 0.2) is 0 Å². The molecule has 0 spiro atoms. The minimum absolute atomic E-state index is 0.0584. The summed E-state index contributed by atoms with van der Waals surface area (Å²) in [6.45, 7) is 0.441. The van der Waals surface area contributed by atoms with E-state index in [0.29, 0.717) is 29.9 Å². The SMILES string of the molecule is CNC(=O)CCNc1cc(N)ccc1C(=O)N(C)C.